The van der Waals surface area contributed by atoms with Gasteiger partial charge in [-0.05, 0) is 87.3 Å². The van der Waals surface area contributed by atoms with Crippen molar-refractivity contribution >= 4 is 42.1 Å². The molecule has 0 aromatic carbocycles. The van der Waals surface area contributed by atoms with E-state index in [-0.39, 0.29) is 42.7 Å². The van der Waals surface area contributed by atoms with E-state index in [9.17, 15) is 29.4 Å². The first-order valence-corrected chi connectivity index (χ1v) is 15.8. The molecule has 0 saturated carbocycles. The molecule has 3 aliphatic rings. The number of carboxylic acids is 2. The number of hydrogen-bond acceptors (Lipinski definition) is 6. The Morgan fingerprint density at radius 2 is 1.66 bits per heavy atom. The van der Waals surface area contributed by atoms with Gasteiger partial charge in [0.05, 0.1) is 16.5 Å². The molecule has 238 valence electrons. The van der Waals surface area contributed by atoms with Gasteiger partial charge in [-0.2, -0.15) is 12.6 Å². The maximum Gasteiger partial charge on any atom is 0.303 e. The monoisotopic (exact) mass is 624 g/mol. The van der Waals surface area contributed by atoms with Gasteiger partial charge in [-0.1, -0.05) is 13.8 Å². The molecule has 1 saturated heterocycles. The van der Waals surface area contributed by atoms with Crippen LogP contribution in [-0.4, -0.2) is 61.5 Å². The van der Waals surface area contributed by atoms with E-state index in [1.165, 1.54) is 0 Å². The largest absolute Gasteiger partial charge is 0.481 e. The van der Waals surface area contributed by atoms with E-state index >= 15 is 0 Å². The van der Waals surface area contributed by atoms with Crippen molar-refractivity contribution in [3.8, 4) is 0 Å². The standard InChI is InChI=1S/C33H44N4O6S/c1-7-19-16(3)25(36-31(19)42)13-23-17(4)20(9-11-29(38)39)26(34-23)15-27-21(10-12-30(40)41)18(5)24(35-27)14-28-22(8-2)33(6,44)32(43)37-28/h13,22,26,28,35,44H,7-12,14-15H2,1-6H3,(H,36,42)(H,37,43)(H,38,39)(H,40,41)/b25-13-/t22-,26?,28?,33-/m0/s1. The number of aliphatic imine (C=N–C) groups is 1. The number of allylic oxidation sites excluding steroid dienone is 3. The van der Waals surface area contributed by atoms with Crippen molar-refractivity contribution in [2.24, 2.45) is 10.9 Å². The Balaban J connectivity index is 1.70. The summed E-state index contributed by atoms with van der Waals surface area (Å²) in [5, 5.41) is 25.0. The van der Waals surface area contributed by atoms with Gasteiger partial charge in [0.25, 0.3) is 5.91 Å². The van der Waals surface area contributed by atoms with Crippen LogP contribution in [0.2, 0.25) is 0 Å². The van der Waals surface area contributed by atoms with Crippen molar-refractivity contribution in [1.29, 1.82) is 0 Å². The number of carbonyl (C=O) groups is 4. The number of carbonyl (C=O) groups excluding carboxylic acids is 2. The van der Waals surface area contributed by atoms with E-state index in [4.69, 9.17) is 4.99 Å². The van der Waals surface area contributed by atoms with Crippen molar-refractivity contribution in [2.45, 2.75) is 110 Å². The quantitative estimate of drug-likeness (QED) is 0.179. The summed E-state index contributed by atoms with van der Waals surface area (Å²) in [7, 11) is 0. The summed E-state index contributed by atoms with van der Waals surface area (Å²) in [5.74, 6) is -1.97. The highest BCUT2D eigenvalue weighted by Gasteiger charge is 2.48. The molecule has 4 rings (SSSR count). The molecule has 5 N–H and O–H groups in total. The summed E-state index contributed by atoms with van der Waals surface area (Å²) < 4.78 is -0.774. The van der Waals surface area contributed by atoms with Crippen LogP contribution in [0.1, 0.15) is 89.2 Å². The van der Waals surface area contributed by atoms with Gasteiger partial charge in [-0.3, -0.25) is 24.2 Å². The van der Waals surface area contributed by atoms with Crippen LogP contribution >= 0.6 is 12.6 Å². The number of aromatic amines is 1. The van der Waals surface area contributed by atoms with Crippen molar-refractivity contribution in [1.82, 2.24) is 15.6 Å². The summed E-state index contributed by atoms with van der Waals surface area (Å²) in [6.45, 7) is 11.7. The van der Waals surface area contributed by atoms with Crippen molar-refractivity contribution < 1.29 is 29.4 Å². The van der Waals surface area contributed by atoms with Gasteiger partial charge in [0, 0.05) is 60.3 Å². The number of rotatable bonds is 13. The predicted octanol–water partition coefficient (Wildman–Crippen LogP) is 4.38. The molecule has 0 spiro atoms. The number of thiol groups is 1. The number of H-pyrrole nitrogens is 1. The number of aliphatic carboxylic acids is 2. The maximum atomic E-state index is 12.7. The minimum absolute atomic E-state index is 0.0250. The number of carboxylic acid groups (broad SMARTS) is 2. The van der Waals surface area contributed by atoms with E-state index < -0.39 is 16.7 Å². The lowest BCUT2D eigenvalue weighted by Gasteiger charge is -2.25. The number of hydrogen-bond donors (Lipinski definition) is 6. The molecular formula is C33H44N4O6S. The Kier molecular flexibility index (Phi) is 9.97. The molecule has 0 bridgehead atoms. The van der Waals surface area contributed by atoms with E-state index in [0.29, 0.717) is 43.5 Å². The second-order valence-corrected chi connectivity index (χ2v) is 13.2. The van der Waals surface area contributed by atoms with Gasteiger partial charge < -0.3 is 25.8 Å². The highest BCUT2D eigenvalue weighted by atomic mass is 32.1. The summed E-state index contributed by atoms with van der Waals surface area (Å²) in [5.41, 5.74) is 8.51. The molecule has 1 fully saturated rings. The summed E-state index contributed by atoms with van der Waals surface area (Å²) in [6, 6.07) is -0.465. The molecule has 4 heterocycles. The molecule has 0 radical (unpaired) electrons. The first-order valence-electron chi connectivity index (χ1n) is 15.4. The molecule has 10 nitrogen and oxygen atoms in total. The van der Waals surface area contributed by atoms with E-state index in [1.54, 1.807) is 0 Å². The Morgan fingerprint density at radius 1 is 1.00 bits per heavy atom. The first-order chi connectivity index (χ1) is 20.7. The highest BCUT2D eigenvalue weighted by Crippen LogP contribution is 2.38. The molecular weight excluding hydrogens is 580 g/mol. The number of amides is 2. The second-order valence-electron chi connectivity index (χ2n) is 12.3. The van der Waals surface area contributed by atoms with Gasteiger partial charge >= 0.3 is 11.9 Å². The molecule has 2 amide bonds. The van der Waals surface area contributed by atoms with Crippen LogP contribution in [0.15, 0.2) is 39.1 Å². The minimum Gasteiger partial charge on any atom is -0.481 e. The first kappa shape index (κ1) is 33.3. The second kappa shape index (κ2) is 13.2. The fraction of sp³-hybridized carbons (Fsp3) is 0.545. The number of nitrogens with zero attached hydrogens (tertiary/aromatic N) is 1. The fourth-order valence-electron chi connectivity index (χ4n) is 6.97. The van der Waals surface area contributed by atoms with Gasteiger partial charge in [0.1, 0.15) is 0 Å². The van der Waals surface area contributed by atoms with Crippen LogP contribution < -0.4 is 10.6 Å². The molecule has 4 atom stereocenters. The zero-order chi connectivity index (χ0) is 32.5. The smallest absolute Gasteiger partial charge is 0.303 e. The number of aromatic nitrogens is 1. The van der Waals surface area contributed by atoms with Gasteiger partial charge in [-0.15, -0.1) is 0 Å². The normalized spacial score (nSPS) is 26.1. The van der Waals surface area contributed by atoms with Crippen LogP contribution in [0, 0.1) is 12.8 Å². The van der Waals surface area contributed by atoms with Crippen molar-refractivity contribution in [2.75, 3.05) is 0 Å². The molecule has 1 aromatic rings. The Hall–Kier alpha value is -3.60. The number of nitrogens with one attached hydrogen (secondary N) is 3. The zero-order valence-electron chi connectivity index (χ0n) is 26.4. The fourth-order valence-corrected chi connectivity index (χ4v) is 7.40. The zero-order valence-corrected chi connectivity index (χ0v) is 27.3. The average Bonchev–Trinajstić information content (AvgIpc) is 3.57. The third-order valence-electron chi connectivity index (χ3n) is 9.59. The van der Waals surface area contributed by atoms with Gasteiger partial charge in [0.2, 0.25) is 5.91 Å². The average molecular weight is 625 g/mol. The highest BCUT2D eigenvalue weighted by molar-refractivity contribution is 7.82. The minimum atomic E-state index is -0.897. The summed E-state index contributed by atoms with van der Waals surface area (Å²) >= 11 is 4.67. The lowest BCUT2D eigenvalue weighted by molar-refractivity contribution is -0.138. The predicted molar refractivity (Wildman–Crippen MR) is 172 cm³/mol. The van der Waals surface area contributed by atoms with Gasteiger partial charge in [-0.25, -0.2) is 0 Å². The summed E-state index contributed by atoms with van der Waals surface area (Å²) in [4.78, 5) is 56.8. The lowest BCUT2D eigenvalue weighted by Crippen LogP contribution is -2.33. The third kappa shape index (κ3) is 6.57. The Labute approximate surface area is 264 Å². The lowest BCUT2D eigenvalue weighted by atomic mass is 9.86. The molecule has 1 aromatic heterocycles. The molecule has 11 heteroatoms. The topological polar surface area (TPSA) is 161 Å². The maximum absolute atomic E-state index is 12.7. The van der Waals surface area contributed by atoms with Crippen LogP contribution in [0.25, 0.3) is 0 Å². The van der Waals surface area contributed by atoms with Crippen molar-refractivity contribution in [3.05, 3.63) is 56.6 Å². The SMILES string of the molecule is CCC1=C(C)/C(=C/C2=NC(Cc3[nH]c(CC4NC(=O)[C@@](C)(S)[C@H]4CC)c(C)c3CCC(=O)O)C(CCC(=O)O)=C2C)NC1=O. The van der Waals surface area contributed by atoms with E-state index in [0.717, 1.165) is 51.2 Å². The van der Waals surface area contributed by atoms with E-state index in [2.05, 4.69) is 28.2 Å². The third-order valence-corrected chi connectivity index (χ3v) is 10.1. The molecule has 0 aliphatic carbocycles. The Morgan fingerprint density at radius 3 is 2.25 bits per heavy atom. The van der Waals surface area contributed by atoms with Crippen LogP contribution in [-0.2, 0) is 38.4 Å². The van der Waals surface area contributed by atoms with Gasteiger partial charge in [0.15, 0.2) is 0 Å². The molecule has 2 unspecified atom stereocenters. The van der Waals surface area contributed by atoms with Crippen LogP contribution in [0.3, 0.4) is 0 Å². The van der Waals surface area contributed by atoms with Crippen LogP contribution in [0.5, 0.6) is 0 Å². The summed E-state index contributed by atoms with van der Waals surface area (Å²) in [6.07, 6.45) is 4.85. The Bertz CT molecular complexity index is 1510. The van der Waals surface area contributed by atoms with Crippen molar-refractivity contribution in [3.63, 3.8) is 0 Å². The van der Waals surface area contributed by atoms with Crippen LogP contribution in [0.4, 0.5) is 0 Å². The molecule has 3 aliphatic heterocycles. The molecule has 44 heavy (non-hydrogen) atoms. The van der Waals surface area contributed by atoms with E-state index in [1.807, 2.05) is 47.6 Å².